The molecule has 0 aliphatic carbocycles. The van der Waals surface area contributed by atoms with Crippen LogP contribution in [-0.2, 0) is 11.2 Å². The van der Waals surface area contributed by atoms with Gasteiger partial charge in [-0.05, 0) is 19.8 Å². The van der Waals surface area contributed by atoms with Crippen LogP contribution < -0.4 is 0 Å². The van der Waals surface area contributed by atoms with Gasteiger partial charge in [0.1, 0.15) is 4.88 Å². The third-order valence-electron chi connectivity index (χ3n) is 3.07. The molecule has 96 valence electrons. The molecule has 0 amide bonds. The van der Waals surface area contributed by atoms with Crippen LogP contribution in [0.4, 0.5) is 0 Å². The number of aryl methyl sites for hydroxylation is 2. The normalized spacial score (nSPS) is 19.6. The van der Waals surface area contributed by atoms with Crippen LogP contribution in [0.15, 0.2) is 4.52 Å². The highest BCUT2D eigenvalue weighted by molar-refractivity contribution is 7.15. The SMILES string of the molecule is CCc1nc(C)c(-c2nc([C@@H]3CCOC3)no2)s1. The molecule has 6 heteroatoms. The van der Waals surface area contributed by atoms with E-state index in [2.05, 4.69) is 22.0 Å². The van der Waals surface area contributed by atoms with Crippen molar-refractivity contribution in [2.45, 2.75) is 32.6 Å². The van der Waals surface area contributed by atoms with Gasteiger partial charge in [0, 0.05) is 12.5 Å². The van der Waals surface area contributed by atoms with Crippen molar-refractivity contribution in [3.05, 3.63) is 16.5 Å². The third kappa shape index (κ3) is 2.06. The summed E-state index contributed by atoms with van der Waals surface area (Å²) in [4.78, 5) is 9.95. The van der Waals surface area contributed by atoms with Crippen LogP contribution in [0, 0.1) is 6.92 Å². The highest BCUT2D eigenvalue weighted by Crippen LogP contribution is 2.31. The third-order valence-corrected chi connectivity index (χ3v) is 4.36. The van der Waals surface area contributed by atoms with Crippen molar-refractivity contribution < 1.29 is 9.26 Å². The molecule has 1 atom stereocenters. The molecular weight excluding hydrogens is 250 g/mol. The number of rotatable bonds is 3. The fourth-order valence-electron chi connectivity index (χ4n) is 2.03. The maximum Gasteiger partial charge on any atom is 0.269 e. The van der Waals surface area contributed by atoms with Crippen molar-refractivity contribution in [1.82, 2.24) is 15.1 Å². The molecule has 0 bridgehead atoms. The quantitative estimate of drug-likeness (QED) is 0.853. The Labute approximate surface area is 109 Å². The second-order valence-corrected chi connectivity index (χ2v) is 5.48. The van der Waals surface area contributed by atoms with Gasteiger partial charge in [-0.3, -0.25) is 0 Å². The predicted octanol–water partition coefficient (Wildman–Crippen LogP) is 2.57. The van der Waals surface area contributed by atoms with Gasteiger partial charge in [-0.2, -0.15) is 4.98 Å². The summed E-state index contributed by atoms with van der Waals surface area (Å²) < 4.78 is 10.7. The molecule has 0 aromatic carbocycles. The summed E-state index contributed by atoms with van der Waals surface area (Å²) in [5.74, 6) is 1.63. The average molecular weight is 265 g/mol. The molecular formula is C12H15N3O2S. The van der Waals surface area contributed by atoms with Gasteiger partial charge < -0.3 is 9.26 Å². The van der Waals surface area contributed by atoms with E-state index in [4.69, 9.17) is 9.26 Å². The first kappa shape index (κ1) is 11.8. The van der Waals surface area contributed by atoms with Crippen LogP contribution in [0.3, 0.4) is 0 Å². The lowest BCUT2D eigenvalue weighted by atomic mass is 10.1. The summed E-state index contributed by atoms with van der Waals surface area (Å²) in [5, 5.41) is 5.17. The molecule has 1 fully saturated rings. The lowest BCUT2D eigenvalue weighted by Gasteiger charge is -1.97. The largest absolute Gasteiger partial charge is 0.381 e. The number of thiazole rings is 1. The topological polar surface area (TPSA) is 61.0 Å². The number of nitrogens with zero attached hydrogens (tertiary/aromatic N) is 3. The van der Waals surface area contributed by atoms with Gasteiger partial charge in [-0.1, -0.05) is 12.1 Å². The first-order chi connectivity index (χ1) is 8.78. The molecule has 2 aromatic rings. The Morgan fingerprint density at radius 1 is 1.39 bits per heavy atom. The lowest BCUT2D eigenvalue weighted by molar-refractivity contribution is 0.192. The molecule has 1 aliphatic heterocycles. The standard InChI is InChI=1S/C12H15N3O2S/c1-3-9-13-7(2)10(18-9)12-14-11(15-17-12)8-4-5-16-6-8/h8H,3-6H2,1-2H3/t8-/m1/s1. The van der Waals surface area contributed by atoms with Gasteiger partial charge in [0.25, 0.3) is 5.89 Å². The summed E-state index contributed by atoms with van der Waals surface area (Å²) in [6, 6.07) is 0. The van der Waals surface area contributed by atoms with Crippen LogP contribution in [0.2, 0.25) is 0 Å². The molecule has 2 aromatic heterocycles. The minimum atomic E-state index is 0.279. The predicted molar refractivity (Wildman–Crippen MR) is 67.7 cm³/mol. The smallest absolute Gasteiger partial charge is 0.269 e. The number of aromatic nitrogens is 3. The Kier molecular flexibility index (Phi) is 3.13. The van der Waals surface area contributed by atoms with E-state index in [1.165, 1.54) is 0 Å². The van der Waals surface area contributed by atoms with Gasteiger partial charge in [0.15, 0.2) is 5.82 Å². The molecule has 5 nitrogen and oxygen atoms in total. The van der Waals surface area contributed by atoms with Crippen LogP contribution in [0.5, 0.6) is 0 Å². The summed E-state index contributed by atoms with van der Waals surface area (Å²) in [5.41, 5.74) is 0.967. The lowest BCUT2D eigenvalue weighted by Crippen LogP contribution is -1.99. The van der Waals surface area contributed by atoms with E-state index < -0.39 is 0 Å². The number of hydrogen-bond donors (Lipinski definition) is 0. The van der Waals surface area contributed by atoms with Gasteiger partial charge in [0.05, 0.1) is 17.3 Å². The monoisotopic (exact) mass is 265 g/mol. The van der Waals surface area contributed by atoms with E-state index in [9.17, 15) is 0 Å². The molecule has 3 rings (SSSR count). The fraction of sp³-hybridized carbons (Fsp3) is 0.583. The van der Waals surface area contributed by atoms with Crippen LogP contribution in [0.1, 0.15) is 35.8 Å². The second kappa shape index (κ2) is 4.78. The fourth-order valence-corrected chi connectivity index (χ4v) is 2.96. The van der Waals surface area contributed by atoms with E-state index >= 15 is 0 Å². The van der Waals surface area contributed by atoms with Crippen molar-refractivity contribution in [3.63, 3.8) is 0 Å². The van der Waals surface area contributed by atoms with Crippen LogP contribution >= 0.6 is 11.3 Å². The van der Waals surface area contributed by atoms with Crippen molar-refractivity contribution >= 4 is 11.3 Å². The van der Waals surface area contributed by atoms with Crippen molar-refractivity contribution in [1.29, 1.82) is 0 Å². The van der Waals surface area contributed by atoms with Gasteiger partial charge in [-0.15, -0.1) is 11.3 Å². The highest BCUT2D eigenvalue weighted by atomic mass is 32.1. The first-order valence-corrected chi connectivity index (χ1v) is 6.97. The van der Waals surface area contributed by atoms with Gasteiger partial charge in [0.2, 0.25) is 0 Å². The second-order valence-electron chi connectivity index (χ2n) is 4.39. The summed E-state index contributed by atoms with van der Waals surface area (Å²) in [6.45, 7) is 5.56. The maximum absolute atomic E-state index is 5.36. The zero-order valence-electron chi connectivity index (χ0n) is 10.5. The number of hydrogen-bond acceptors (Lipinski definition) is 6. The Hall–Kier alpha value is -1.27. The molecule has 0 N–H and O–H groups in total. The number of ether oxygens (including phenoxy) is 1. The molecule has 0 saturated carbocycles. The van der Waals surface area contributed by atoms with E-state index in [1.807, 2.05) is 6.92 Å². The summed E-state index contributed by atoms with van der Waals surface area (Å²) in [7, 11) is 0. The highest BCUT2D eigenvalue weighted by Gasteiger charge is 2.24. The van der Waals surface area contributed by atoms with Crippen LogP contribution in [-0.4, -0.2) is 28.3 Å². The van der Waals surface area contributed by atoms with Gasteiger partial charge >= 0.3 is 0 Å². The van der Waals surface area contributed by atoms with E-state index in [0.717, 1.165) is 40.9 Å². The van der Waals surface area contributed by atoms with Gasteiger partial charge in [-0.25, -0.2) is 4.98 Å². The van der Waals surface area contributed by atoms with Crippen LogP contribution in [0.25, 0.3) is 10.8 Å². The maximum atomic E-state index is 5.36. The van der Waals surface area contributed by atoms with Crippen molar-refractivity contribution in [2.24, 2.45) is 0 Å². The molecule has 0 radical (unpaired) electrons. The molecule has 18 heavy (non-hydrogen) atoms. The Morgan fingerprint density at radius 2 is 2.28 bits per heavy atom. The summed E-state index contributed by atoms with van der Waals surface area (Å²) in [6.07, 6.45) is 1.91. The minimum absolute atomic E-state index is 0.279. The summed E-state index contributed by atoms with van der Waals surface area (Å²) >= 11 is 1.63. The molecule has 1 aliphatic rings. The van der Waals surface area contributed by atoms with E-state index in [1.54, 1.807) is 11.3 Å². The molecule has 1 saturated heterocycles. The zero-order valence-corrected chi connectivity index (χ0v) is 11.3. The minimum Gasteiger partial charge on any atom is -0.381 e. The molecule has 3 heterocycles. The van der Waals surface area contributed by atoms with Crippen molar-refractivity contribution in [2.75, 3.05) is 13.2 Å². The average Bonchev–Trinajstić information content (AvgIpc) is 3.08. The Morgan fingerprint density at radius 3 is 2.94 bits per heavy atom. The Balaban J connectivity index is 1.89. The first-order valence-electron chi connectivity index (χ1n) is 6.16. The van der Waals surface area contributed by atoms with Crippen molar-refractivity contribution in [3.8, 4) is 10.8 Å². The zero-order chi connectivity index (χ0) is 12.5. The molecule has 0 unspecified atom stereocenters. The Bertz CT molecular complexity index is 543. The van der Waals surface area contributed by atoms with E-state index in [0.29, 0.717) is 12.5 Å². The molecule has 0 spiro atoms. The van der Waals surface area contributed by atoms with E-state index in [-0.39, 0.29) is 5.92 Å².